The van der Waals surface area contributed by atoms with Gasteiger partial charge in [0, 0.05) is 22.9 Å². The monoisotopic (exact) mass is 290 g/mol. The van der Waals surface area contributed by atoms with E-state index >= 15 is 0 Å². The fraction of sp³-hybridized carbons (Fsp3) is 0.214. The van der Waals surface area contributed by atoms with Gasteiger partial charge in [-0.3, -0.25) is 4.98 Å². The smallest absolute Gasteiger partial charge is 0.0358 e. The Labute approximate surface area is 110 Å². The number of hydrogen-bond donors (Lipinski definition) is 1. The fourth-order valence-electron chi connectivity index (χ4n) is 1.86. The Morgan fingerprint density at radius 2 is 2.00 bits per heavy atom. The minimum absolute atomic E-state index is 0.329. The maximum Gasteiger partial charge on any atom is 0.0358 e. The standard InChI is InChI=1S/C14H15BrN2/c1-16-14(9-11-5-7-17-8-6-11)12-3-2-4-13(15)10-12/h2-8,10,14,16H,9H2,1H3. The van der Waals surface area contributed by atoms with Crippen molar-refractivity contribution in [3.63, 3.8) is 0 Å². The lowest BCUT2D eigenvalue weighted by Crippen LogP contribution is -2.18. The number of benzene rings is 1. The zero-order valence-electron chi connectivity index (χ0n) is 9.73. The Balaban J connectivity index is 2.17. The van der Waals surface area contributed by atoms with Gasteiger partial charge in [-0.25, -0.2) is 0 Å². The van der Waals surface area contributed by atoms with Crippen molar-refractivity contribution < 1.29 is 0 Å². The van der Waals surface area contributed by atoms with Crippen LogP contribution in [0.15, 0.2) is 53.3 Å². The summed E-state index contributed by atoms with van der Waals surface area (Å²) in [5.74, 6) is 0. The van der Waals surface area contributed by atoms with E-state index in [2.05, 4.69) is 56.6 Å². The van der Waals surface area contributed by atoms with Crippen LogP contribution in [0.5, 0.6) is 0 Å². The van der Waals surface area contributed by atoms with Crippen molar-refractivity contribution in [2.24, 2.45) is 0 Å². The van der Waals surface area contributed by atoms with E-state index in [-0.39, 0.29) is 0 Å². The summed E-state index contributed by atoms with van der Waals surface area (Å²) in [4.78, 5) is 4.04. The van der Waals surface area contributed by atoms with E-state index in [4.69, 9.17) is 0 Å². The van der Waals surface area contributed by atoms with Crippen LogP contribution in [-0.2, 0) is 6.42 Å². The molecule has 1 N–H and O–H groups in total. The highest BCUT2D eigenvalue weighted by molar-refractivity contribution is 9.10. The van der Waals surface area contributed by atoms with Crippen LogP contribution in [0, 0.1) is 0 Å². The van der Waals surface area contributed by atoms with Crippen LogP contribution in [0.4, 0.5) is 0 Å². The number of likely N-dealkylation sites (N-methyl/N-ethyl adjacent to an activating group) is 1. The van der Waals surface area contributed by atoms with Gasteiger partial charge in [0.05, 0.1) is 0 Å². The summed E-state index contributed by atoms with van der Waals surface area (Å²) in [6.45, 7) is 0. The molecular formula is C14H15BrN2. The van der Waals surface area contributed by atoms with Gasteiger partial charge in [0.25, 0.3) is 0 Å². The molecule has 0 aliphatic heterocycles. The average molecular weight is 291 g/mol. The maximum atomic E-state index is 4.04. The van der Waals surface area contributed by atoms with Crippen LogP contribution in [-0.4, -0.2) is 12.0 Å². The van der Waals surface area contributed by atoms with E-state index in [9.17, 15) is 0 Å². The molecule has 88 valence electrons. The van der Waals surface area contributed by atoms with Gasteiger partial charge in [-0.05, 0) is 48.9 Å². The van der Waals surface area contributed by atoms with E-state index < -0.39 is 0 Å². The summed E-state index contributed by atoms with van der Waals surface area (Å²) in [7, 11) is 1.99. The van der Waals surface area contributed by atoms with Gasteiger partial charge < -0.3 is 5.32 Å². The molecular weight excluding hydrogens is 276 g/mol. The molecule has 0 saturated carbocycles. The van der Waals surface area contributed by atoms with Crippen LogP contribution < -0.4 is 5.32 Å². The van der Waals surface area contributed by atoms with Gasteiger partial charge in [0.15, 0.2) is 0 Å². The van der Waals surface area contributed by atoms with Gasteiger partial charge in [0.2, 0.25) is 0 Å². The molecule has 1 heterocycles. The summed E-state index contributed by atoms with van der Waals surface area (Å²) in [5.41, 5.74) is 2.58. The minimum Gasteiger partial charge on any atom is -0.313 e. The highest BCUT2D eigenvalue weighted by Gasteiger charge is 2.09. The third-order valence-corrected chi connectivity index (χ3v) is 3.28. The van der Waals surface area contributed by atoms with E-state index in [1.165, 1.54) is 11.1 Å². The van der Waals surface area contributed by atoms with Gasteiger partial charge >= 0.3 is 0 Å². The molecule has 1 aromatic heterocycles. The molecule has 3 heteroatoms. The van der Waals surface area contributed by atoms with Crippen molar-refractivity contribution in [3.8, 4) is 0 Å². The van der Waals surface area contributed by atoms with Gasteiger partial charge in [-0.1, -0.05) is 28.1 Å². The summed E-state index contributed by atoms with van der Waals surface area (Å²) >= 11 is 3.51. The topological polar surface area (TPSA) is 24.9 Å². The molecule has 1 unspecified atom stereocenters. The highest BCUT2D eigenvalue weighted by Crippen LogP contribution is 2.21. The van der Waals surface area contributed by atoms with E-state index in [0.717, 1.165) is 10.9 Å². The Morgan fingerprint density at radius 1 is 1.24 bits per heavy atom. The van der Waals surface area contributed by atoms with Crippen LogP contribution in [0.25, 0.3) is 0 Å². The summed E-state index contributed by atoms with van der Waals surface area (Å²) < 4.78 is 1.12. The van der Waals surface area contributed by atoms with Crippen molar-refractivity contribution in [1.82, 2.24) is 10.3 Å². The van der Waals surface area contributed by atoms with Crippen LogP contribution in [0.2, 0.25) is 0 Å². The molecule has 0 aliphatic carbocycles. The third kappa shape index (κ3) is 3.38. The fourth-order valence-corrected chi connectivity index (χ4v) is 2.28. The van der Waals surface area contributed by atoms with Gasteiger partial charge in [-0.15, -0.1) is 0 Å². The van der Waals surface area contributed by atoms with Crippen molar-refractivity contribution in [1.29, 1.82) is 0 Å². The molecule has 0 aliphatic rings. The number of aromatic nitrogens is 1. The Hall–Kier alpha value is -1.19. The number of halogens is 1. The molecule has 1 atom stereocenters. The average Bonchev–Trinajstić information content (AvgIpc) is 2.37. The van der Waals surface area contributed by atoms with Gasteiger partial charge in [-0.2, -0.15) is 0 Å². The Bertz CT molecular complexity index is 471. The van der Waals surface area contributed by atoms with Crippen molar-refractivity contribution >= 4 is 15.9 Å². The first-order valence-corrected chi connectivity index (χ1v) is 6.40. The van der Waals surface area contributed by atoms with E-state index in [1.54, 1.807) is 0 Å². The number of hydrogen-bond acceptors (Lipinski definition) is 2. The van der Waals surface area contributed by atoms with Crippen LogP contribution >= 0.6 is 15.9 Å². The van der Waals surface area contributed by atoms with Crippen molar-refractivity contribution in [2.75, 3.05) is 7.05 Å². The summed E-state index contributed by atoms with van der Waals surface area (Å²) in [6.07, 6.45) is 4.64. The zero-order chi connectivity index (χ0) is 12.1. The lowest BCUT2D eigenvalue weighted by Gasteiger charge is -2.17. The molecule has 1 aromatic carbocycles. The molecule has 0 bridgehead atoms. The van der Waals surface area contributed by atoms with Crippen LogP contribution in [0.3, 0.4) is 0 Å². The molecule has 2 aromatic rings. The summed E-state index contributed by atoms with van der Waals surface area (Å²) in [6, 6.07) is 12.9. The molecule has 17 heavy (non-hydrogen) atoms. The first-order chi connectivity index (χ1) is 8.29. The zero-order valence-corrected chi connectivity index (χ0v) is 11.3. The third-order valence-electron chi connectivity index (χ3n) is 2.79. The second-order valence-corrected chi connectivity index (χ2v) is 4.87. The van der Waals surface area contributed by atoms with Crippen molar-refractivity contribution in [2.45, 2.75) is 12.5 Å². The maximum absolute atomic E-state index is 4.04. The number of pyridine rings is 1. The lowest BCUT2D eigenvalue weighted by molar-refractivity contribution is 0.591. The molecule has 0 fully saturated rings. The summed E-state index contributed by atoms with van der Waals surface area (Å²) in [5, 5.41) is 3.35. The Kier molecular flexibility index (Phi) is 4.29. The molecule has 0 amide bonds. The van der Waals surface area contributed by atoms with Gasteiger partial charge in [0.1, 0.15) is 0 Å². The molecule has 2 rings (SSSR count). The normalized spacial score (nSPS) is 12.4. The first-order valence-electron chi connectivity index (χ1n) is 5.61. The Morgan fingerprint density at radius 3 is 2.65 bits per heavy atom. The quantitative estimate of drug-likeness (QED) is 0.934. The van der Waals surface area contributed by atoms with E-state index in [1.807, 2.05) is 25.5 Å². The SMILES string of the molecule is CNC(Cc1ccncc1)c1cccc(Br)c1. The number of rotatable bonds is 4. The van der Waals surface area contributed by atoms with E-state index in [0.29, 0.717) is 6.04 Å². The highest BCUT2D eigenvalue weighted by atomic mass is 79.9. The van der Waals surface area contributed by atoms with Crippen molar-refractivity contribution in [3.05, 3.63) is 64.4 Å². The van der Waals surface area contributed by atoms with Crippen LogP contribution in [0.1, 0.15) is 17.2 Å². The first kappa shape index (κ1) is 12.3. The predicted molar refractivity (Wildman–Crippen MR) is 73.9 cm³/mol. The predicted octanol–water partition coefficient (Wildman–Crippen LogP) is 3.35. The molecule has 0 spiro atoms. The number of nitrogens with zero attached hydrogens (tertiary/aromatic N) is 1. The largest absolute Gasteiger partial charge is 0.313 e. The lowest BCUT2D eigenvalue weighted by atomic mass is 10.00. The molecule has 0 radical (unpaired) electrons. The second-order valence-electron chi connectivity index (χ2n) is 3.96. The molecule has 0 saturated heterocycles. The number of nitrogens with one attached hydrogen (secondary N) is 1. The minimum atomic E-state index is 0.329. The second kappa shape index (κ2) is 5.94. The molecule has 2 nitrogen and oxygen atoms in total.